The van der Waals surface area contributed by atoms with Gasteiger partial charge in [-0.1, -0.05) is 34.6 Å². The molecule has 0 aromatic carbocycles. The van der Waals surface area contributed by atoms with E-state index in [1.807, 2.05) is 0 Å². The monoisotopic (exact) mass is 280 g/mol. The van der Waals surface area contributed by atoms with Gasteiger partial charge in [-0.25, -0.2) is 0 Å². The van der Waals surface area contributed by atoms with Gasteiger partial charge < -0.3 is 10.6 Å². The van der Waals surface area contributed by atoms with Gasteiger partial charge in [-0.15, -0.1) is 0 Å². The van der Waals surface area contributed by atoms with Crippen molar-refractivity contribution in [3.8, 4) is 0 Å². The standard InChI is InChI=1S/C17H32N2O/c1-6-11-19(13-9-7-12(18)8-10-13)15(20)14-16(2,3)17(14,4)5/h12-14H,6-11,18H2,1-5H3. The molecule has 3 heteroatoms. The van der Waals surface area contributed by atoms with E-state index < -0.39 is 0 Å². The minimum atomic E-state index is 0.140. The molecule has 2 fully saturated rings. The van der Waals surface area contributed by atoms with E-state index in [1.165, 1.54) is 0 Å². The van der Waals surface area contributed by atoms with Crippen LogP contribution < -0.4 is 5.73 Å². The first-order valence-corrected chi connectivity index (χ1v) is 8.29. The Bertz CT molecular complexity index is 353. The van der Waals surface area contributed by atoms with Crippen molar-refractivity contribution in [2.75, 3.05) is 6.54 Å². The molecule has 20 heavy (non-hydrogen) atoms. The van der Waals surface area contributed by atoms with Crippen LogP contribution >= 0.6 is 0 Å². The lowest BCUT2D eigenvalue weighted by molar-refractivity contribution is -0.137. The van der Waals surface area contributed by atoms with Crippen LogP contribution in [0.1, 0.15) is 66.7 Å². The molecular formula is C17H32N2O. The molecule has 2 aliphatic rings. The van der Waals surface area contributed by atoms with Crippen LogP contribution in [0.2, 0.25) is 0 Å². The van der Waals surface area contributed by atoms with E-state index in [-0.39, 0.29) is 16.7 Å². The summed E-state index contributed by atoms with van der Waals surface area (Å²) in [6, 6.07) is 0.771. The SMILES string of the molecule is CCCN(C(=O)C1C(C)(C)C1(C)C)C1CCC(N)CC1. The Hall–Kier alpha value is -0.570. The van der Waals surface area contributed by atoms with Gasteiger partial charge >= 0.3 is 0 Å². The summed E-state index contributed by atoms with van der Waals surface area (Å²) in [6.45, 7) is 12.0. The molecule has 0 bridgehead atoms. The molecule has 2 rings (SSSR count). The second-order valence-electron chi connectivity index (χ2n) is 7.98. The Morgan fingerprint density at radius 1 is 1.10 bits per heavy atom. The fraction of sp³-hybridized carbons (Fsp3) is 0.941. The third-order valence-electron chi connectivity index (χ3n) is 6.20. The predicted octanol–water partition coefficient (Wildman–Crippen LogP) is 3.18. The molecule has 0 unspecified atom stereocenters. The second-order valence-corrected chi connectivity index (χ2v) is 7.98. The lowest BCUT2D eigenvalue weighted by atomic mass is 9.90. The summed E-state index contributed by atoms with van der Waals surface area (Å²) < 4.78 is 0. The van der Waals surface area contributed by atoms with Gasteiger partial charge in [0.25, 0.3) is 0 Å². The minimum Gasteiger partial charge on any atom is -0.339 e. The van der Waals surface area contributed by atoms with Crippen molar-refractivity contribution in [3.05, 3.63) is 0 Å². The average molecular weight is 280 g/mol. The lowest BCUT2D eigenvalue weighted by Crippen LogP contribution is -2.46. The molecule has 0 aromatic rings. The van der Waals surface area contributed by atoms with Gasteiger partial charge in [0.1, 0.15) is 0 Å². The molecule has 2 saturated carbocycles. The van der Waals surface area contributed by atoms with E-state index in [2.05, 4.69) is 39.5 Å². The first-order chi connectivity index (χ1) is 9.23. The van der Waals surface area contributed by atoms with Crippen LogP contribution in [0.5, 0.6) is 0 Å². The zero-order valence-corrected chi connectivity index (χ0v) is 13.9. The Balaban J connectivity index is 2.08. The largest absolute Gasteiger partial charge is 0.339 e. The Morgan fingerprint density at radius 2 is 1.60 bits per heavy atom. The van der Waals surface area contributed by atoms with Crippen LogP contribution in [0.4, 0.5) is 0 Å². The summed E-state index contributed by atoms with van der Waals surface area (Å²) in [5.74, 6) is 0.583. The molecule has 0 spiro atoms. The highest BCUT2D eigenvalue weighted by Gasteiger charge is 2.69. The van der Waals surface area contributed by atoms with Crippen molar-refractivity contribution in [3.63, 3.8) is 0 Å². The molecule has 3 nitrogen and oxygen atoms in total. The third-order valence-corrected chi connectivity index (χ3v) is 6.20. The number of carbonyl (C=O) groups excluding carboxylic acids is 1. The van der Waals surface area contributed by atoms with Gasteiger partial charge in [0.2, 0.25) is 5.91 Å². The molecule has 1 amide bonds. The minimum absolute atomic E-state index is 0.140. The van der Waals surface area contributed by atoms with Crippen molar-refractivity contribution < 1.29 is 4.79 Å². The zero-order chi connectivity index (χ0) is 15.1. The number of nitrogens with zero attached hydrogens (tertiary/aromatic N) is 1. The van der Waals surface area contributed by atoms with Gasteiger partial charge in [0, 0.05) is 24.5 Å². The number of rotatable bonds is 4. The van der Waals surface area contributed by atoms with Crippen molar-refractivity contribution >= 4 is 5.91 Å². The summed E-state index contributed by atoms with van der Waals surface area (Å²) in [5, 5.41) is 0. The van der Waals surface area contributed by atoms with Crippen molar-refractivity contribution in [1.82, 2.24) is 4.90 Å². The molecule has 2 aliphatic carbocycles. The number of hydrogen-bond acceptors (Lipinski definition) is 2. The molecular weight excluding hydrogens is 248 g/mol. The number of amides is 1. The third kappa shape index (κ3) is 2.49. The highest BCUT2D eigenvalue weighted by Crippen LogP contribution is 2.68. The van der Waals surface area contributed by atoms with Crippen molar-refractivity contribution in [2.45, 2.75) is 78.8 Å². The molecule has 0 atom stereocenters. The van der Waals surface area contributed by atoms with Gasteiger partial charge in [-0.05, 0) is 42.9 Å². The van der Waals surface area contributed by atoms with E-state index in [4.69, 9.17) is 5.73 Å². The lowest BCUT2D eigenvalue weighted by Gasteiger charge is -2.36. The Morgan fingerprint density at radius 3 is 2.00 bits per heavy atom. The fourth-order valence-corrected chi connectivity index (χ4v) is 4.11. The van der Waals surface area contributed by atoms with Crippen molar-refractivity contribution in [1.29, 1.82) is 0 Å². The predicted molar refractivity (Wildman–Crippen MR) is 83.3 cm³/mol. The summed E-state index contributed by atoms with van der Waals surface area (Å²) in [7, 11) is 0. The van der Waals surface area contributed by atoms with Gasteiger partial charge in [0.15, 0.2) is 0 Å². The van der Waals surface area contributed by atoms with E-state index in [1.54, 1.807) is 0 Å². The smallest absolute Gasteiger partial charge is 0.227 e. The van der Waals surface area contributed by atoms with Gasteiger partial charge in [-0.3, -0.25) is 4.79 Å². The molecule has 0 saturated heterocycles. The van der Waals surface area contributed by atoms with Crippen LogP contribution in [0, 0.1) is 16.7 Å². The first-order valence-electron chi connectivity index (χ1n) is 8.29. The number of carbonyl (C=O) groups is 1. The Kier molecular flexibility index (Phi) is 4.21. The molecule has 0 radical (unpaired) electrons. The molecule has 2 N–H and O–H groups in total. The van der Waals surface area contributed by atoms with Crippen molar-refractivity contribution in [2.24, 2.45) is 22.5 Å². The summed E-state index contributed by atoms with van der Waals surface area (Å²) >= 11 is 0. The van der Waals surface area contributed by atoms with E-state index in [9.17, 15) is 4.79 Å². The molecule has 0 aliphatic heterocycles. The quantitative estimate of drug-likeness (QED) is 0.859. The highest BCUT2D eigenvalue weighted by atomic mass is 16.2. The first kappa shape index (κ1) is 15.8. The second kappa shape index (κ2) is 5.32. The average Bonchev–Trinajstić information content (AvgIpc) is 2.77. The molecule has 116 valence electrons. The number of hydrogen-bond donors (Lipinski definition) is 1. The zero-order valence-electron chi connectivity index (χ0n) is 13.9. The summed E-state index contributed by atoms with van der Waals surface area (Å²) in [4.78, 5) is 15.2. The molecule has 0 aromatic heterocycles. The Labute approximate surface area is 124 Å². The van der Waals surface area contributed by atoms with Crippen LogP contribution in [-0.2, 0) is 4.79 Å². The van der Waals surface area contributed by atoms with Gasteiger partial charge in [-0.2, -0.15) is 0 Å². The van der Waals surface area contributed by atoms with Crippen LogP contribution in [0.3, 0.4) is 0 Å². The maximum Gasteiger partial charge on any atom is 0.227 e. The highest BCUT2D eigenvalue weighted by molar-refractivity contribution is 5.84. The topological polar surface area (TPSA) is 46.3 Å². The maximum atomic E-state index is 13.0. The van der Waals surface area contributed by atoms with E-state index >= 15 is 0 Å². The molecule has 0 heterocycles. The number of nitrogens with two attached hydrogens (primary N) is 1. The van der Waals surface area contributed by atoms with E-state index in [0.29, 0.717) is 18.0 Å². The van der Waals surface area contributed by atoms with Crippen LogP contribution in [-0.4, -0.2) is 29.4 Å². The van der Waals surface area contributed by atoms with Crippen LogP contribution in [0.15, 0.2) is 0 Å². The normalized spacial score (nSPS) is 31.9. The summed E-state index contributed by atoms with van der Waals surface area (Å²) in [5.41, 5.74) is 6.28. The van der Waals surface area contributed by atoms with Gasteiger partial charge in [0.05, 0.1) is 0 Å². The van der Waals surface area contributed by atoms with E-state index in [0.717, 1.165) is 38.6 Å². The fourth-order valence-electron chi connectivity index (χ4n) is 4.11. The van der Waals surface area contributed by atoms with Crippen LogP contribution in [0.25, 0.3) is 0 Å². The maximum absolute atomic E-state index is 13.0. The summed E-state index contributed by atoms with van der Waals surface area (Å²) in [6.07, 6.45) is 5.34.